The average molecular weight is 275 g/mol. The van der Waals surface area contributed by atoms with Crippen molar-refractivity contribution in [3.63, 3.8) is 0 Å². The van der Waals surface area contributed by atoms with Gasteiger partial charge in [0, 0.05) is 44.5 Å². The van der Waals surface area contributed by atoms with Crippen molar-refractivity contribution in [2.45, 2.75) is 18.9 Å². The van der Waals surface area contributed by atoms with Crippen LogP contribution in [0.3, 0.4) is 0 Å². The minimum absolute atomic E-state index is 0.344. The fraction of sp³-hybridized carbons (Fsp3) is 0.625. The Balaban J connectivity index is 1.50. The summed E-state index contributed by atoms with van der Waals surface area (Å²) >= 11 is 0. The molecule has 4 heteroatoms. The Kier molecular flexibility index (Phi) is 4.13. The highest BCUT2D eigenvalue weighted by Crippen LogP contribution is 2.21. The Morgan fingerprint density at radius 1 is 1.05 bits per heavy atom. The molecule has 0 bridgehead atoms. The number of likely N-dealkylation sites (N-methyl/N-ethyl adjacent to an activating group) is 1. The van der Waals surface area contributed by atoms with Gasteiger partial charge in [0.25, 0.3) is 0 Å². The third-order valence-corrected chi connectivity index (χ3v) is 4.73. The molecule has 2 saturated heterocycles. The molecule has 1 aromatic carbocycles. The molecule has 2 aliphatic rings. The first-order chi connectivity index (χ1) is 9.72. The monoisotopic (exact) mass is 275 g/mol. The van der Waals surface area contributed by atoms with Crippen LogP contribution in [0.2, 0.25) is 0 Å². The predicted molar refractivity (Wildman–Crippen MR) is 82.4 cm³/mol. The highest BCUT2D eigenvalue weighted by atomic mass is 16.3. The highest BCUT2D eigenvalue weighted by Gasteiger charge is 2.25. The topological polar surface area (TPSA) is 30.0 Å². The van der Waals surface area contributed by atoms with Gasteiger partial charge in [0.15, 0.2) is 0 Å². The van der Waals surface area contributed by atoms with Gasteiger partial charge in [-0.25, -0.2) is 0 Å². The Morgan fingerprint density at radius 2 is 1.75 bits per heavy atom. The maximum Gasteiger partial charge on any atom is 0.115 e. The van der Waals surface area contributed by atoms with Crippen molar-refractivity contribution in [1.82, 2.24) is 9.80 Å². The molecular weight excluding hydrogens is 250 g/mol. The molecule has 1 atom stereocenters. The van der Waals surface area contributed by atoms with Gasteiger partial charge in [-0.3, -0.25) is 4.90 Å². The lowest BCUT2D eigenvalue weighted by molar-refractivity contribution is 0.185. The summed E-state index contributed by atoms with van der Waals surface area (Å²) in [6.45, 7) is 6.94. The molecule has 110 valence electrons. The normalized spacial score (nSPS) is 25.2. The standard InChI is InChI=1S/C16H25N3O/c1-17-8-2-3-15(17)13-18-9-11-19(12-10-18)14-4-6-16(20)7-5-14/h4-7,15,20H,2-3,8-13H2,1H3/t15-/m1/s1. The number of hydrogen-bond donors (Lipinski definition) is 1. The van der Waals surface area contributed by atoms with Crippen LogP contribution in [0.4, 0.5) is 5.69 Å². The third kappa shape index (κ3) is 3.07. The molecule has 1 N–H and O–H groups in total. The number of likely N-dealkylation sites (tertiary alicyclic amines) is 1. The van der Waals surface area contributed by atoms with Gasteiger partial charge in [0.2, 0.25) is 0 Å². The van der Waals surface area contributed by atoms with Crippen LogP contribution in [-0.4, -0.2) is 67.3 Å². The maximum atomic E-state index is 9.35. The lowest BCUT2D eigenvalue weighted by atomic mass is 10.2. The Morgan fingerprint density at radius 3 is 2.35 bits per heavy atom. The van der Waals surface area contributed by atoms with Crippen molar-refractivity contribution in [1.29, 1.82) is 0 Å². The van der Waals surface area contributed by atoms with Crippen LogP contribution in [0.25, 0.3) is 0 Å². The van der Waals surface area contributed by atoms with Gasteiger partial charge in [-0.2, -0.15) is 0 Å². The molecule has 0 aromatic heterocycles. The van der Waals surface area contributed by atoms with Crippen LogP contribution in [0, 0.1) is 0 Å². The predicted octanol–water partition coefficient (Wildman–Crippen LogP) is 1.61. The molecule has 4 nitrogen and oxygen atoms in total. The summed E-state index contributed by atoms with van der Waals surface area (Å²) in [6, 6.07) is 8.32. The van der Waals surface area contributed by atoms with E-state index in [4.69, 9.17) is 0 Å². The number of rotatable bonds is 3. The van der Waals surface area contributed by atoms with E-state index >= 15 is 0 Å². The molecule has 2 aliphatic heterocycles. The molecule has 0 amide bonds. The number of piperazine rings is 1. The molecule has 0 unspecified atom stereocenters. The van der Waals surface area contributed by atoms with Crippen LogP contribution in [0.15, 0.2) is 24.3 Å². The van der Waals surface area contributed by atoms with Crippen LogP contribution in [-0.2, 0) is 0 Å². The summed E-state index contributed by atoms with van der Waals surface area (Å²) in [7, 11) is 2.25. The van der Waals surface area contributed by atoms with E-state index in [1.54, 1.807) is 12.1 Å². The first kappa shape index (κ1) is 13.7. The smallest absolute Gasteiger partial charge is 0.115 e. The highest BCUT2D eigenvalue weighted by molar-refractivity contribution is 5.49. The van der Waals surface area contributed by atoms with Gasteiger partial charge in [-0.05, 0) is 50.7 Å². The molecule has 0 aliphatic carbocycles. The average Bonchev–Trinajstić information content (AvgIpc) is 2.86. The zero-order valence-corrected chi connectivity index (χ0v) is 12.3. The maximum absolute atomic E-state index is 9.35. The molecule has 3 rings (SSSR count). The first-order valence-electron chi connectivity index (χ1n) is 7.69. The van der Waals surface area contributed by atoms with Crippen LogP contribution in [0.1, 0.15) is 12.8 Å². The molecule has 0 radical (unpaired) electrons. The first-order valence-corrected chi connectivity index (χ1v) is 7.69. The lowest BCUT2D eigenvalue weighted by Crippen LogP contribution is -2.50. The minimum Gasteiger partial charge on any atom is -0.508 e. The van der Waals surface area contributed by atoms with Gasteiger partial charge in [0.1, 0.15) is 5.75 Å². The molecule has 2 heterocycles. The number of nitrogens with zero attached hydrogens (tertiary/aromatic N) is 3. The summed E-state index contributed by atoms with van der Waals surface area (Å²) in [4.78, 5) is 7.52. The van der Waals surface area contributed by atoms with E-state index in [-0.39, 0.29) is 0 Å². The fourth-order valence-electron chi connectivity index (χ4n) is 3.36. The van der Waals surface area contributed by atoms with Gasteiger partial charge in [-0.1, -0.05) is 0 Å². The van der Waals surface area contributed by atoms with E-state index in [2.05, 4.69) is 21.7 Å². The van der Waals surface area contributed by atoms with Gasteiger partial charge >= 0.3 is 0 Å². The number of aromatic hydroxyl groups is 1. The molecule has 0 saturated carbocycles. The molecule has 0 spiro atoms. The fourth-order valence-corrected chi connectivity index (χ4v) is 3.36. The zero-order valence-electron chi connectivity index (χ0n) is 12.3. The third-order valence-electron chi connectivity index (χ3n) is 4.73. The van der Waals surface area contributed by atoms with E-state index in [9.17, 15) is 5.11 Å². The van der Waals surface area contributed by atoms with E-state index in [0.29, 0.717) is 5.75 Å². The SMILES string of the molecule is CN1CCC[C@@H]1CN1CCN(c2ccc(O)cc2)CC1. The molecule has 20 heavy (non-hydrogen) atoms. The second-order valence-electron chi connectivity index (χ2n) is 6.08. The van der Waals surface area contributed by atoms with Crippen LogP contribution in [0.5, 0.6) is 5.75 Å². The largest absolute Gasteiger partial charge is 0.508 e. The second kappa shape index (κ2) is 6.02. The molecular formula is C16H25N3O. The van der Waals surface area contributed by atoms with Crippen molar-refractivity contribution < 1.29 is 5.11 Å². The van der Waals surface area contributed by atoms with E-state index in [1.165, 1.54) is 31.6 Å². The van der Waals surface area contributed by atoms with Crippen LogP contribution < -0.4 is 4.90 Å². The Bertz CT molecular complexity index is 426. The van der Waals surface area contributed by atoms with E-state index in [1.807, 2.05) is 12.1 Å². The van der Waals surface area contributed by atoms with Crippen molar-refractivity contribution >= 4 is 5.69 Å². The molecule has 1 aromatic rings. The molecule has 2 fully saturated rings. The number of phenolic OH excluding ortho intramolecular Hbond substituents is 1. The summed E-state index contributed by atoms with van der Waals surface area (Å²) in [6.07, 6.45) is 2.71. The lowest BCUT2D eigenvalue weighted by Gasteiger charge is -2.38. The van der Waals surface area contributed by atoms with Gasteiger partial charge in [0.05, 0.1) is 0 Å². The Hall–Kier alpha value is -1.26. The number of benzene rings is 1. The summed E-state index contributed by atoms with van der Waals surface area (Å²) in [5.74, 6) is 0.344. The van der Waals surface area contributed by atoms with Gasteiger partial charge < -0.3 is 14.9 Å². The second-order valence-corrected chi connectivity index (χ2v) is 6.08. The minimum atomic E-state index is 0.344. The van der Waals surface area contributed by atoms with Gasteiger partial charge in [-0.15, -0.1) is 0 Å². The van der Waals surface area contributed by atoms with E-state index in [0.717, 1.165) is 32.2 Å². The van der Waals surface area contributed by atoms with Crippen molar-refractivity contribution in [3.8, 4) is 5.75 Å². The number of anilines is 1. The van der Waals surface area contributed by atoms with E-state index < -0.39 is 0 Å². The number of hydrogen-bond acceptors (Lipinski definition) is 4. The van der Waals surface area contributed by atoms with Crippen molar-refractivity contribution in [3.05, 3.63) is 24.3 Å². The van der Waals surface area contributed by atoms with Crippen molar-refractivity contribution in [2.75, 3.05) is 51.2 Å². The summed E-state index contributed by atoms with van der Waals surface area (Å²) in [5, 5.41) is 9.35. The quantitative estimate of drug-likeness (QED) is 0.908. The van der Waals surface area contributed by atoms with Crippen molar-refractivity contribution in [2.24, 2.45) is 0 Å². The zero-order chi connectivity index (χ0) is 13.9. The Labute approximate surface area is 121 Å². The van der Waals surface area contributed by atoms with Crippen LogP contribution >= 0.6 is 0 Å². The number of phenols is 1. The summed E-state index contributed by atoms with van der Waals surface area (Å²) < 4.78 is 0. The summed E-state index contributed by atoms with van der Waals surface area (Å²) in [5.41, 5.74) is 1.22.